The molecule has 0 amide bonds. The Labute approximate surface area is 132 Å². The van der Waals surface area contributed by atoms with Gasteiger partial charge in [0.25, 0.3) is 0 Å². The summed E-state index contributed by atoms with van der Waals surface area (Å²) in [6.07, 6.45) is 5.63. The van der Waals surface area contributed by atoms with Crippen LogP contribution in [0.4, 0.5) is 11.4 Å². The highest BCUT2D eigenvalue weighted by atomic mass is 14.9. The van der Waals surface area contributed by atoms with Crippen LogP contribution in [0.3, 0.4) is 0 Å². The highest BCUT2D eigenvalue weighted by molar-refractivity contribution is 6.10. The van der Waals surface area contributed by atoms with Crippen molar-refractivity contribution in [3.8, 4) is 0 Å². The van der Waals surface area contributed by atoms with E-state index in [2.05, 4.69) is 27.4 Å². The van der Waals surface area contributed by atoms with Crippen LogP contribution < -0.4 is 16.8 Å². The molecular weight excluding hydrogens is 288 g/mol. The van der Waals surface area contributed by atoms with Gasteiger partial charge in [-0.1, -0.05) is 12.1 Å². The molecule has 7 N–H and O–H groups in total. The van der Waals surface area contributed by atoms with Crippen molar-refractivity contribution in [1.82, 2.24) is 9.97 Å². The average Bonchev–Trinajstić information content (AvgIpc) is 3.13. The lowest BCUT2D eigenvalue weighted by Gasteiger charge is -2.03. The van der Waals surface area contributed by atoms with E-state index in [4.69, 9.17) is 16.9 Å². The first-order chi connectivity index (χ1) is 11.1. The van der Waals surface area contributed by atoms with Crippen LogP contribution in [-0.2, 0) is 0 Å². The van der Waals surface area contributed by atoms with E-state index in [1.165, 1.54) is 0 Å². The summed E-state index contributed by atoms with van der Waals surface area (Å²) in [5.74, 6) is 0.0332. The summed E-state index contributed by atoms with van der Waals surface area (Å²) in [7, 11) is 0. The quantitative estimate of drug-likeness (QED) is 0.284. The second kappa shape index (κ2) is 4.88. The number of nitrogens with one attached hydrogen (secondary N) is 3. The van der Waals surface area contributed by atoms with Gasteiger partial charge in [-0.2, -0.15) is 0 Å². The molecule has 0 aliphatic carbocycles. The summed E-state index contributed by atoms with van der Waals surface area (Å²) in [4.78, 5) is 7.44. The number of aromatic amines is 1. The molecule has 1 aliphatic rings. The van der Waals surface area contributed by atoms with Gasteiger partial charge in [0.05, 0.1) is 11.4 Å². The Morgan fingerprint density at radius 1 is 1.30 bits per heavy atom. The Bertz CT molecular complexity index is 966. The third-order valence-electron chi connectivity index (χ3n) is 4.12. The summed E-state index contributed by atoms with van der Waals surface area (Å²) in [5, 5.41) is 12.0. The molecule has 3 heterocycles. The van der Waals surface area contributed by atoms with Crippen LogP contribution in [0.1, 0.15) is 16.7 Å². The first kappa shape index (κ1) is 13.4. The number of hydrogen-bond acceptors (Lipinski definition) is 4. The molecule has 0 radical (unpaired) electrons. The lowest BCUT2D eigenvalue weighted by Crippen LogP contribution is -2.11. The van der Waals surface area contributed by atoms with Crippen molar-refractivity contribution in [3.05, 3.63) is 53.3 Å². The van der Waals surface area contributed by atoms with Crippen molar-refractivity contribution >= 4 is 39.9 Å². The van der Waals surface area contributed by atoms with Crippen molar-refractivity contribution in [2.45, 2.75) is 0 Å². The van der Waals surface area contributed by atoms with Gasteiger partial charge in [-0.05, 0) is 23.8 Å². The second-order valence-electron chi connectivity index (χ2n) is 5.53. The van der Waals surface area contributed by atoms with Gasteiger partial charge in [0.15, 0.2) is 0 Å². The predicted octanol–water partition coefficient (Wildman–Crippen LogP) is 2.40. The van der Waals surface area contributed by atoms with Crippen LogP contribution in [0.5, 0.6) is 0 Å². The molecule has 1 aliphatic heterocycles. The molecule has 6 nitrogen and oxygen atoms in total. The average molecular weight is 304 g/mol. The zero-order chi connectivity index (χ0) is 16.0. The summed E-state index contributed by atoms with van der Waals surface area (Å²) in [6, 6.07) is 7.65. The maximum atomic E-state index is 7.77. The van der Waals surface area contributed by atoms with Gasteiger partial charge in [0.2, 0.25) is 0 Å². The minimum absolute atomic E-state index is 0.0332. The molecule has 23 heavy (non-hydrogen) atoms. The van der Waals surface area contributed by atoms with Gasteiger partial charge in [-0.25, -0.2) is 4.98 Å². The Morgan fingerprint density at radius 3 is 3.00 bits per heavy atom. The summed E-state index contributed by atoms with van der Waals surface area (Å²) in [6.45, 7) is 0.714. The highest BCUT2D eigenvalue weighted by Gasteiger charge is 2.18. The maximum absolute atomic E-state index is 7.77. The fourth-order valence-electron chi connectivity index (χ4n) is 3.05. The number of benzene rings is 1. The molecule has 3 aromatic rings. The molecule has 0 atom stereocenters. The smallest absolute Gasteiger partial charge is 0.138 e. The van der Waals surface area contributed by atoms with Crippen molar-refractivity contribution in [2.24, 2.45) is 5.73 Å². The molecule has 1 aromatic carbocycles. The highest BCUT2D eigenvalue weighted by Crippen LogP contribution is 2.36. The summed E-state index contributed by atoms with van der Waals surface area (Å²) < 4.78 is 0. The van der Waals surface area contributed by atoms with E-state index < -0.39 is 0 Å². The zero-order valence-electron chi connectivity index (χ0n) is 12.4. The maximum Gasteiger partial charge on any atom is 0.138 e. The van der Waals surface area contributed by atoms with Crippen LogP contribution in [0.2, 0.25) is 0 Å². The number of aromatic nitrogens is 2. The third-order valence-corrected chi connectivity index (χ3v) is 4.12. The molecule has 4 rings (SSSR count). The van der Waals surface area contributed by atoms with Crippen molar-refractivity contribution in [1.29, 1.82) is 5.41 Å². The van der Waals surface area contributed by atoms with Gasteiger partial charge in [0, 0.05) is 41.0 Å². The van der Waals surface area contributed by atoms with Crippen LogP contribution in [0.15, 0.2) is 36.7 Å². The standard InChI is InChI=1S/C17H16N6/c18-13-3-1-2-11-9(7-22-15(11)13)6-10-8-23-17-14(10)12(16(19)20)4-5-21-17/h1-6,8,22H,7,18H2,(H3,19,20)(H,21,23). The van der Waals surface area contributed by atoms with Gasteiger partial charge in [-0.15, -0.1) is 0 Å². The van der Waals surface area contributed by atoms with Crippen LogP contribution >= 0.6 is 0 Å². The van der Waals surface area contributed by atoms with Gasteiger partial charge in [-0.3, -0.25) is 5.41 Å². The van der Waals surface area contributed by atoms with E-state index in [-0.39, 0.29) is 5.84 Å². The first-order valence-electron chi connectivity index (χ1n) is 7.29. The Balaban J connectivity index is 1.90. The Hall–Kier alpha value is -3.28. The number of nitrogens with zero attached hydrogens (tertiary/aromatic N) is 1. The molecule has 0 saturated carbocycles. The third kappa shape index (κ3) is 2.03. The van der Waals surface area contributed by atoms with E-state index in [0.29, 0.717) is 12.1 Å². The summed E-state index contributed by atoms with van der Waals surface area (Å²) in [5.41, 5.74) is 18.1. The van der Waals surface area contributed by atoms with Crippen LogP contribution in [0.25, 0.3) is 22.7 Å². The monoisotopic (exact) mass is 304 g/mol. The molecular formula is C17H16N6. The first-order valence-corrected chi connectivity index (χ1v) is 7.29. The molecule has 0 fully saturated rings. The number of para-hydroxylation sites is 1. The molecule has 6 heteroatoms. The fourth-order valence-corrected chi connectivity index (χ4v) is 3.05. The molecule has 0 spiro atoms. The number of rotatable bonds is 2. The summed E-state index contributed by atoms with van der Waals surface area (Å²) >= 11 is 0. The molecule has 0 saturated heterocycles. The molecule has 0 unspecified atom stereocenters. The van der Waals surface area contributed by atoms with Gasteiger partial charge in [0.1, 0.15) is 11.5 Å². The fraction of sp³-hybridized carbons (Fsp3) is 0.0588. The lowest BCUT2D eigenvalue weighted by atomic mass is 10.0. The van der Waals surface area contributed by atoms with E-state index in [1.807, 2.05) is 18.3 Å². The molecule has 0 bridgehead atoms. The predicted molar refractivity (Wildman–Crippen MR) is 94.3 cm³/mol. The Kier molecular flexibility index (Phi) is 2.84. The van der Waals surface area contributed by atoms with Crippen LogP contribution in [-0.4, -0.2) is 22.3 Å². The Morgan fingerprint density at radius 2 is 2.17 bits per heavy atom. The second-order valence-corrected chi connectivity index (χ2v) is 5.53. The number of nitrogens with two attached hydrogens (primary N) is 2. The number of hydrogen-bond donors (Lipinski definition) is 5. The van der Waals surface area contributed by atoms with E-state index in [9.17, 15) is 0 Å². The molecule has 114 valence electrons. The van der Waals surface area contributed by atoms with Gasteiger partial charge >= 0.3 is 0 Å². The largest absolute Gasteiger partial charge is 0.397 e. The lowest BCUT2D eigenvalue weighted by molar-refractivity contribution is 1.32. The van der Waals surface area contributed by atoms with E-state index in [1.54, 1.807) is 12.3 Å². The number of fused-ring (bicyclic) bond motifs is 2. The molecule has 2 aromatic heterocycles. The minimum atomic E-state index is 0.0332. The SMILES string of the molecule is N=C(N)c1ccnc2[nH]cc(C=C3CNc4c(N)cccc43)c12. The van der Waals surface area contributed by atoms with Crippen molar-refractivity contribution in [2.75, 3.05) is 17.6 Å². The van der Waals surface area contributed by atoms with E-state index in [0.717, 1.165) is 39.1 Å². The zero-order valence-corrected chi connectivity index (χ0v) is 12.4. The van der Waals surface area contributed by atoms with Crippen molar-refractivity contribution < 1.29 is 0 Å². The van der Waals surface area contributed by atoms with E-state index >= 15 is 0 Å². The number of anilines is 2. The number of H-pyrrole nitrogens is 1. The minimum Gasteiger partial charge on any atom is -0.397 e. The van der Waals surface area contributed by atoms with Crippen LogP contribution in [0, 0.1) is 5.41 Å². The number of nitrogen functional groups attached to an aromatic ring is 2. The number of amidine groups is 1. The van der Waals surface area contributed by atoms with Crippen molar-refractivity contribution in [3.63, 3.8) is 0 Å². The number of pyridine rings is 1. The normalized spacial score (nSPS) is 14.9. The van der Waals surface area contributed by atoms with Gasteiger partial charge < -0.3 is 21.8 Å². The topological polar surface area (TPSA) is 117 Å².